The second-order valence-corrected chi connectivity index (χ2v) is 8.04. The topological polar surface area (TPSA) is 67.4 Å². The lowest BCUT2D eigenvalue weighted by Gasteiger charge is -2.31. The normalized spacial score (nSPS) is 16.8. The van der Waals surface area contributed by atoms with E-state index < -0.39 is 0 Å². The van der Waals surface area contributed by atoms with Gasteiger partial charge in [-0.3, -0.25) is 4.79 Å². The van der Waals surface area contributed by atoms with E-state index in [2.05, 4.69) is 27.6 Å². The molecule has 0 spiro atoms. The fourth-order valence-electron chi connectivity index (χ4n) is 3.51. The fraction of sp³-hybridized carbons (Fsp3) is 0.571. The lowest BCUT2D eigenvalue weighted by molar-refractivity contribution is -0.125. The number of nitrogens with zero attached hydrogens (tertiary/aromatic N) is 3. The van der Waals surface area contributed by atoms with Gasteiger partial charge in [0.1, 0.15) is 11.6 Å². The standard InChI is InChI=1S/C21H30N4O2S/c1-3-4-5-11-22-20(26)17-9-7-12-25(15-17)21-23-19(24-28-21)14-16-8-6-10-18(13-16)27-2/h6,8,10,13,17H,3-5,7,9,11-12,14-15H2,1-2H3,(H,22,26)/t17-/m1/s1. The number of amides is 1. The van der Waals surface area contributed by atoms with Crippen molar-refractivity contribution in [3.63, 3.8) is 0 Å². The molecule has 3 rings (SSSR count). The van der Waals surface area contributed by atoms with E-state index in [9.17, 15) is 4.79 Å². The molecule has 152 valence electrons. The molecule has 1 aliphatic rings. The van der Waals surface area contributed by atoms with Gasteiger partial charge < -0.3 is 15.0 Å². The van der Waals surface area contributed by atoms with Crippen LogP contribution in [0.3, 0.4) is 0 Å². The van der Waals surface area contributed by atoms with E-state index in [-0.39, 0.29) is 11.8 Å². The van der Waals surface area contributed by atoms with Crippen LogP contribution in [-0.4, -0.2) is 42.0 Å². The molecule has 0 unspecified atom stereocenters. The average molecular weight is 403 g/mol. The van der Waals surface area contributed by atoms with E-state index in [4.69, 9.17) is 9.72 Å². The molecule has 1 N–H and O–H groups in total. The molecule has 0 saturated carbocycles. The summed E-state index contributed by atoms with van der Waals surface area (Å²) in [5.41, 5.74) is 1.13. The molecule has 2 aromatic rings. The van der Waals surface area contributed by atoms with Crippen LogP contribution in [0, 0.1) is 5.92 Å². The van der Waals surface area contributed by atoms with Gasteiger partial charge >= 0.3 is 0 Å². The summed E-state index contributed by atoms with van der Waals surface area (Å²) in [6.45, 7) is 4.62. The van der Waals surface area contributed by atoms with Gasteiger partial charge in [-0.05, 0) is 37.0 Å². The Kier molecular flexibility index (Phi) is 7.65. The molecule has 0 radical (unpaired) electrons. The minimum Gasteiger partial charge on any atom is -0.497 e. The number of piperidine rings is 1. The summed E-state index contributed by atoms with van der Waals surface area (Å²) in [6, 6.07) is 7.99. The van der Waals surface area contributed by atoms with Crippen LogP contribution in [0.1, 0.15) is 50.4 Å². The van der Waals surface area contributed by atoms with E-state index in [1.54, 1.807) is 7.11 Å². The number of carbonyl (C=O) groups is 1. The summed E-state index contributed by atoms with van der Waals surface area (Å²) in [6.07, 6.45) is 6.04. The maximum absolute atomic E-state index is 12.5. The number of nitrogens with one attached hydrogen (secondary N) is 1. The largest absolute Gasteiger partial charge is 0.497 e. The van der Waals surface area contributed by atoms with Crippen molar-refractivity contribution in [2.24, 2.45) is 5.92 Å². The van der Waals surface area contributed by atoms with Gasteiger partial charge in [-0.15, -0.1) is 0 Å². The zero-order valence-electron chi connectivity index (χ0n) is 16.8. The molecule has 2 heterocycles. The monoisotopic (exact) mass is 402 g/mol. The predicted molar refractivity (Wildman–Crippen MR) is 113 cm³/mol. The van der Waals surface area contributed by atoms with Gasteiger partial charge in [-0.2, -0.15) is 4.37 Å². The lowest BCUT2D eigenvalue weighted by Crippen LogP contribution is -2.43. The SMILES string of the molecule is CCCCCNC(=O)[C@@H]1CCCN(c2nc(Cc3cccc(OC)c3)ns2)C1. The highest BCUT2D eigenvalue weighted by Gasteiger charge is 2.27. The predicted octanol–water partition coefficient (Wildman–Crippen LogP) is 3.66. The van der Waals surface area contributed by atoms with Crippen molar-refractivity contribution >= 4 is 22.6 Å². The van der Waals surface area contributed by atoms with Crippen LogP contribution in [0.5, 0.6) is 5.75 Å². The molecule has 1 atom stereocenters. The van der Waals surface area contributed by atoms with Gasteiger partial charge in [-0.25, -0.2) is 4.98 Å². The fourth-order valence-corrected chi connectivity index (χ4v) is 4.23. The van der Waals surface area contributed by atoms with Crippen molar-refractivity contribution in [1.29, 1.82) is 0 Å². The first kappa shape index (κ1) is 20.6. The molecule has 6 nitrogen and oxygen atoms in total. The third kappa shape index (κ3) is 5.67. The first-order valence-electron chi connectivity index (χ1n) is 10.2. The zero-order valence-corrected chi connectivity index (χ0v) is 17.6. The molecule has 1 amide bonds. The third-order valence-electron chi connectivity index (χ3n) is 5.10. The molecule has 1 aromatic carbocycles. The van der Waals surface area contributed by atoms with Gasteiger partial charge in [0.15, 0.2) is 0 Å². The third-order valence-corrected chi connectivity index (χ3v) is 5.91. The smallest absolute Gasteiger partial charge is 0.224 e. The lowest BCUT2D eigenvalue weighted by atomic mass is 9.97. The number of rotatable bonds is 9. The Bertz CT molecular complexity index is 764. The first-order valence-corrected chi connectivity index (χ1v) is 10.9. The highest BCUT2D eigenvalue weighted by Crippen LogP contribution is 2.26. The maximum Gasteiger partial charge on any atom is 0.224 e. The summed E-state index contributed by atoms with van der Waals surface area (Å²) >= 11 is 1.43. The highest BCUT2D eigenvalue weighted by molar-refractivity contribution is 7.09. The molecular formula is C21H30N4O2S. The molecule has 1 aromatic heterocycles. The van der Waals surface area contributed by atoms with Gasteiger partial charge in [0.05, 0.1) is 13.0 Å². The van der Waals surface area contributed by atoms with E-state index >= 15 is 0 Å². The average Bonchev–Trinajstić information content (AvgIpc) is 3.20. The van der Waals surface area contributed by atoms with Crippen molar-refractivity contribution < 1.29 is 9.53 Å². The van der Waals surface area contributed by atoms with Crippen LogP contribution in [0.4, 0.5) is 5.13 Å². The molecule has 1 fully saturated rings. The number of hydrogen-bond acceptors (Lipinski definition) is 6. The summed E-state index contributed by atoms with van der Waals surface area (Å²) in [5.74, 6) is 1.89. The highest BCUT2D eigenvalue weighted by atomic mass is 32.1. The molecule has 28 heavy (non-hydrogen) atoms. The first-order chi connectivity index (χ1) is 13.7. The van der Waals surface area contributed by atoms with E-state index in [0.717, 1.165) is 67.6 Å². The number of benzene rings is 1. The molecule has 0 aliphatic carbocycles. The molecule has 1 saturated heterocycles. The second kappa shape index (κ2) is 10.4. The van der Waals surface area contributed by atoms with Crippen LogP contribution < -0.4 is 15.0 Å². The van der Waals surface area contributed by atoms with E-state index in [1.807, 2.05) is 18.2 Å². The van der Waals surface area contributed by atoms with Crippen LogP contribution in [0.2, 0.25) is 0 Å². The number of hydrogen-bond donors (Lipinski definition) is 1. The summed E-state index contributed by atoms with van der Waals surface area (Å²) in [4.78, 5) is 19.4. The van der Waals surface area contributed by atoms with Crippen LogP contribution in [0.25, 0.3) is 0 Å². The number of anilines is 1. The van der Waals surface area contributed by atoms with Crippen molar-refractivity contribution in [3.05, 3.63) is 35.7 Å². The van der Waals surface area contributed by atoms with Crippen LogP contribution in [0.15, 0.2) is 24.3 Å². The minimum atomic E-state index is 0.0427. The number of carbonyl (C=O) groups excluding carboxylic acids is 1. The molecular weight excluding hydrogens is 372 g/mol. The van der Waals surface area contributed by atoms with E-state index in [0.29, 0.717) is 6.42 Å². The zero-order chi connectivity index (χ0) is 19.8. The Morgan fingerprint density at radius 2 is 2.29 bits per heavy atom. The number of aromatic nitrogens is 2. The molecule has 0 bridgehead atoms. The Balaban J connectivity index is 1.55. The van der Waals surface area contributed by atoms with Crippen molar-refractivity contribution in [2.45, 2.75) is 45.4 Å². The summed E-state index contributed by atoms with van der Waals surface area (Å²) in [5, 5.41) is 4.02. The van der Waals surface area contributed by atoms with Crippen LogP contribution >= 0.6 is 11.5 Å². The minimum absolute atomic E-state index is 0.0427. The Hall–Kier alpha value is -2.15. The van der Waals surface area contributed by atoms with Gasteiger partial charge in [0.25, 0.3) is 0 Å². The van der Waals surface area contributed by atoms with Gasteiger partial charge in [-0.1, -0.05) is 31.9 Å². The molecule has 7 heteroatoms. The van der Waals surface area contributed by atoms with Crippen molar-refractivity contribution in [3.8, 4) is 5.75 Å². The quantitative estimate of drug-likeness (QED) is 0.649. The number of ether oxygens (including phenoxy) is 1. The summed E-state index contributed by atoms with van der Waals surface area (Å²) < 4.78 is 9.81. The van der Waals surface area contributed by atoms with Crippen LogP contribution in [-0.2, 0) is 11.2 Å². The Morgan fingerprint density at radius 3 is 3.11 bits per heavy atom. The maximum atomic E-state index is 12.5. The Labute approximate surface area is 171 Å². The van der Waals surface area contributed by atoms with Gasteiger partial charge in [0, 0.05) is 37.6 Å². The van der Waals surface area contributed by atoms with E-state index in [1.165, 1.54) is 18.0 Å². The number of methoxy groups -OCH3 is 1. The Morgan fingerprint density at radius 1 is 1.39 bits per heavy atom. The number of unbranched alkanes of at least 4 members (excludes halogenated alkanes) is 2. The van der Waals surface area contributed by atoms with Gasteiger partial charge in [0.2, 0.25) is 11.0 Å². The molecule has 1 aliphatic heterocycles. The van der Waals surface area contributed by atoms with Crippen molar-refractivity contribution in [2.75, 3.05) is 31.6 Å². The van der Waals surface area contributed by atoms with Crippen molar-refractivity contribution in [1.82, 2.24) is 14.7 Å². The summed E-state index contributed by atoms with van der Waals surface area (Å²) in [7, 11) is 1.67. The second-order valence-electron chi connectivity index (χ2n) is 7.30.